The maximum absolute atomic E-state index is 12.2. The van der Waals surface area contributed by atoms with Crippen LogP contribution in [0.15, 0.2) is 27.6 Å². The molecular weight excluding hydrogens is 318 g/mol. The van der Waals surface area contributed by atoms with Gasteiger partial charge in [0.05, 0.1) is 7.11 Å². The zero-order chi connectivity index (χ0) is 13.8. The van der Waals surface area contributed by atoms with E-state index in [9.17, 15) is 8.42 Å². The van der Waals surface area contributed by atoms with Crippen LogP contribution in [0, 0.1) is 12.3 Å². The summed E-state index contributed by atoms with van der Waals surface area (Å²) >= 11 is 3.23. The summed E-state index contributed by atoms with van der Waals surface area (Å²) in [6, 6.07) is 4.46. The first kappa shape index (κ1) is 15.0. The van der Waals surface area contributed by atoms with E-state index in [1.54, 1.807) is 19.1 Å². The lowest BCUT2D eigenvalue weighted by molar-refractivity contribution is 0.402. The molecule has 0 heterocycles. The van der Waals surface area contributed by atoms with Crippen molar-refractivity contribution >= 4 is 26.0 Å². The predicted molar refractivity (Wildman–Crippen MR) is 73.9 cm³/mol. The van der Waals surface area contributed by atoms with E-state index in [4.69, 9.17) is 11.2 Å². The van der Waals surface area contributed by atoms with Crippen LogP contribution in [-0.2, 0) is 10.0 Å². The average molecular weight is 332 g/mol. The molecule has 1 N–H and O–H groups in total. The minimum Gasteiger partial charge on any atom is -0.495 e. The Morgan fingerprint density at radius 1 is 1.56 bits per heavy atom. The standard InChI is InChI=1S/C12H14BrNO3S/c1-4-5-9(2)14-18(15,16)12-8-10(13)6-7-11(12)17-3/h1,6-9,14H,5H2,2-3H3. The van der Waals surface area contributed by atoms with Crippen LogP contribution in [-0.4, -0.2) is 21.6 Å². The smallest absolute Gasteiger partial charge is 0.244 e. The van der Waals surface area contributed by atoms with Gasteiger partial charge in [0, 0.05) is 16.9 Å². The molecule has 18 heavy (non-hydrogen) atoms. The molecule has 0 bridgehead atoms. The van der Waals surface area contributed by atoms with Gasteiger partial charge in [0.15, 0.2) is 0 Å². The van der Waals surface area contributed by atoms with E-state index in [0.717, 1.165) is 0 Å². The fraction of sp³-hybridized carbons (Fsp3) is 0.333. The number of halogens is 1. The maximum atomic E-state index is 12.2. The normalized spacial score (nSPS) is 12.8. The van der Waals surface area contributed by atoms with Gasteiger partial charge in [0.2, 0.25) is 10.0 Å². The summed E-state index contributed by atoms with van der Waals surface area (Å²) in [4.78, 5) is 0.0863. The fourth-order valence-electron chi connectivity index (χ4n) is 1.41. The van der Waals surface area contributed by atoms with Crippen LogP contribution in [0.25, 0.3) is 0 Å². The summed E-state index contributed by atoms with van der Waals surface area (Å²) in [5, 5.41) is 0. The minimum atomic E-state index is -3.65. The number of benzene rings is 1. The van der Waals surface area contributed by atoms with Crippen LogP contribution >= 0.6 is 15.9 Å². The van der Waals surface area contributed by atoms with Crippen LogP contribution in [0.4, 0.5) is 0 Å². The molecule has 0 saturated heterocycles. The highest BCUT2D eigenvalue weighted by molar-refractivity contribution is 9.10. The third-order valence-corrected chi connectivity index (χ3v) is 4.30. The van der Waals surface area contributed by atoms with Crippen molar-refractivity contribution in [2.75, 3.05) is 7.11 Å². The molecule has 98 valence electrons. The molecule has 0 aromatic heterocycles. The molecule has 0 radical (unpaired) electrons. The summed E-state index contributed by atoms with van der Waals surface area (Å²) in [5.41, 5.74) is 0. The molecule has 1 aromatic carbocycles. The molecule has 1 rings (SSSR count). The SMILES string of the molecule is C#CCC(C)NS(=O)(=O)c1cc(Br)ccc1OC. The second kappa shape index (κ2) is 6.23. The van der Waals surface area contributed by atoms with Crippen molar-refractivity contribution < 1.29 is 13.2 Å². The molecule has 0 fully saturated rings. The quantitative estimate of drug-likeness (QED) is 0.841. The Morgan fingerprint density at radius 3 is 2.78 bits per heavy atom. The van der Waals surface area contributed by atoms with Crippen molar-refractivity contribution in [1.29, 1.82) is 0 Å². The Bertz CT molecular complexity index is 563. The van der Waals surface area contributed by atoms with Gasteiger partial charge >= 0.3 is 0 Å². The van der Waals surface area contributed by atoms with Crippen molar-refractivity contribution in [2.45, 2.75) is 24.3 Å². The van der Waals surface area contributed by atoms with Crippen molar-refractivity contribution in [3.8, 4) is 18.1 Å². The van der Waals surface area contributed by atoms with Gasteiger partial charge in [-0.15, -0.1) is 12.3 Å². The van der Waals surface area contributed by atoms with Gasteiger partial charge in [-0.1, -0.05) is 15.9 Å². The average Bonchev–Trinajstić information content (AvgIpc) is 2.28. The van der Waals surface area contributed by atoms with Gasteiger partial charge in [-0.2, -0.15) is 0 Å². The van der Waals surface area contributed by atoms with Crippen molar-refractivity contribution in [1.82, 2.24) is 4.72 Å². The van der Waals surface area contributed by atoms with E-state index in [1.165, 1.54) is 13.2 Å². The molecule has 6 heteroatoms. The Kier molecular flexibility index (Phi) is 5.20. The molecule has 0 aliphatic rings. The summed E-state index contributed by atoms with van der Waals surface area (Å²) in [5.74, 6) is 2.70. The lowest BCUT2D eigenvalue weighted by atomic mass is 10.3. The summed E-state index contributed by atoms with van der Waals surface area (Å²) < 4.78 is 32.6. The van der Waals surface area contributed by atoms with E-state index in [-0.39, 0.29) is 10.9 Å². The Morgan fingerprint density at radius 2 is 2.22 bits per heavy atom. The molecule has 4 nitrogen and oxygen atoms in total. The fourth-order valence-corrected chi connectivity index (χ4v) is 3.36. The first-order chi connectivity index (χ1) is 8.40. The monoisotopic (exact) mass is 331 g/mol. The third kappa shape index (κ3) is 3.73. The summed E-state index contributed by atoms with van der Waals surface area (Å²) in [7, 11) is -2.22. The Hall–Kier alpha value is -1.03. The number of ether oxygens (including phenoxy) is 1. The summed E-state index contributed by atoms with van der Waals surface area (Å²) in [6.07, 6.45) is 5.48. The van der Waals surface area contributed by atoms with Gasteiger partial charge in [-0.3, -0.25) is 0 Å². The number of hydrogen-bond donors (Lipinski definition) is 1. The number of hydrogen-bond acceptors (Lipinski definition) is 3. The van der Waals surface area contributed by atoms with E-state index in [2.05, 4.69) is 26.6 Å². The van der Waals surface area contributed by atoms with Crippen LogP contribution < -0.4 is 9.46 Å². The Labute approximate surface area is 116 Å². The highest BCUT2D eigenvalue weighted by Gasteiger charge is 2.21. The number of rotatable bonds is 5. The molecule has 0 saturated carbocycles. The topological polar surface area (TPSA) is 55.4 Å². The third-order valence-electron chi connectivity index (χ3n) is 2.20. The van der Waals surface area contributed by atoms with E-state index in [1.807, 2.05) is 0 Å². The first-order valence-corrected chi connectivity index (χ1v) is 7.47. The van der Waals surface area contributed by atoms with Crippen molar-refractivity contribution in [3.05, 3.63) is 22.7 Å². The number of nitrogens with one attached hydrogen (secondary N) is 1. The van der Waals surface area contributed by atoms with Crippen LogP contribution in [0.2, 0.25) is 0 Å². The van der Waals surface area contributed by atoms with Gasteiger partial charge < -0.3 is 4.74 Å². The molecule has 0 spiro atoms. The molecule has 1 aromatic rings. The van der Waals surface area contributed by atoms with Crippen LogP contribution in [0.1, 0.15) is 13.3 Å². The minimum absolute atomic E-state index is 0.0863. The second-order valence-electron chi connectivity index (χ2n) is 3.73. The summed E-state index contributed by atoms with van der Waals surface area (Å²) in [6.45, 7) is 1.71. The van der Waals surface area contributed by atoms with E-state index >= 15 is 0 Å². The molecule has 0 aliphatic heterocycles. The highest BCUT2D eigenvalue weighted by atomic mass is 79.9. The van der Waals surface area contributed by atoms with Gasteiger partial charge in [0.25, 0.3) is 0 Å². The zero-order valence-electron chi connectivity index (χ0n) is 10.1. The number of sulfonamides is 1. The Balaban J connectivity index is 3.12. The zero-order valence-corrected chi connectivity index (χ0v) is 12.5. The van der Waals surface area contributed by atoms with Gasteiger partial charge in [-0.25, -0.2) is 13.1 Å². The molecule has 0 amide bonds. The highest BCUT2D eigenvalue weighted by Crippen LogP contribution is 2.27. The first-order valence-electron chi connectivity index (χ1n) is 5.20. The predicted octanol–water partition coefficient (Wildman–Crippen LogP) is 2.15. The second-order valence-corrected chi connectivity index (χ2v) is 6.32. The maximum Gasteiger partial charge on any atom is 0.244 e. The van der Waals surface area contributed by atoms with Gasteiger partial charge in [-0.05, 0) is 25.1 Å². The van der Waals surface area contributed by atoms with E-state index < -0.39 is 10.0 Å². The van der Waals surface area contributed by atoms with Crippen LogP contribution in [0.3, 0.4) is 0 Å². The molecule has 1 atom stereocenters. The lowest BCUT2D eigenvalue weighted by Crippen LogP contribution is -2.32. The van der Waals surface area contributed by atoms with Crippen molar-refractivity contribution in [2.24, 2.45) is 0 Å². The van der Waals surface area contributed by atoms with Gasteiger partial charge in [0.1, 0.15) is 10.6 Å². The largest absolute Gasteiger partial charge is 0.495 e. The molecule has 1 unspecified atom stereocenters. The van der Waals surface area contributed by atoms with E-state index in [0.29, 0.717) is 16.6 Å². The number of methoxy groups -OCH3 is 1. The molecule has 0 aliphatic carbocycles. The van der Waals surface area contributed by atoms with Crippen LogP contribution in [0.5, 0.6) is 5.75 Å². The molecular formula is C12H14BrNO3S. The lowest BCUT2D eigenvalue weighted by Gasteiger charge is -2.14. The number of terminal acetylenes is 1. The van der Waals surface area contributed by atoms with Crippen molar-refractivity contribution in [3.63, 3.8) is 0 Å².